The molecule has 2 atom stereocenters. The number of carboxylic acids is 1. The predicted octanol–water partition coefficient (Wildman–Crippen LogP) is 0.995. The van der Waals surface area contributed by atoms with Crippen LogP contribution < -0.4 is 10.5 Å². The number of thiophene rings is 1. The van der Waals surface area contributed by atoms with Gasteiger partial charge in [0.05, 0.1) is 4.90 Å². The van der Waals surface area contributed by atoms with Gasteiger partial charge in [0.15, 0.2) is 0 Å². The fourth-order valence-electron chi connectivity index (χ4n) is 2.15. The summed E-state index contributed by atoms with van der Waals surface area (Å²) in [7, 11) is -3.69. The number of carbonyl (C=O) groups is 1. The predicted molar refractivity (Wildman–Crippen MR) is 71.8 cm³/mol. The summed E-state index contributed by atoms with van der Waals surface area (Å²) in [5.41, 5.74) is 5.90. The van der Waals surface area contributed by atoms with Crippen LogP contribution in [0.4, 0.5) is 0 Å². The van der Waals surface area contributed by atoms with E-state index in [4.69, 9.17) is 10.8 Å². The third-order valence-corrected chi connectivity index (χ3v) is 5.76. The molecule has 2 unspecified atom stereocenters. The third-order valence-electron chi connectivity index (χ3n) is 3.22. The van der Waals surface area contributed by atoms with Crippen molar-refractivity contribution in [2.75, 3.05) is 0 Å². The summed E-state index contributed by atoms with van der Waals surface area (Å²) < 4.78 is 26.8. The van der Waals surface area contributed by atoms with Crippen LogP contribution in [0.2, 0.25) is 0 Å². The van der Waals surface area contributed by atoms with E-state index >= 15 is 0 Å². The summed E-state index contributed by atoms with van der Waals surface area (Å²) >= 11 is 0.897. The summed E-state index contributed by atoms with van der Waals surface area (Å²) in [5, 5.41) is 10.1. The molecular formula is C11H16N2O4S2. The average molecular weight is 304 g/mol. The van der Waals surface area contributed by atoms with Gasteiger partial charge in [0.25, 0.3) is 0 Å². The SMILES string of the molecule is NC1CCCCC1NS(=O)(=O)c1csc(C(=O)O)c1. The lowest BCUT2D eigenvalue weighted by molar-refractivity contribution is 0.0702. The lowest BCUT2D eigenvalue weighted by atomic mass is 9.92. The van der Waals surface area contributed by atoms with Crippen LogP contribution in [0, 0.1) is 0 Å². The maximum absolute atomic E-state index is 12.1. The molecule has 19 heavy (non-hydrogen) atoms. The van der Waals surface area contributed by atoms with E-state index < -0.39 is 16.0 Å². The largest absolute Gasteiger partial charge is 0.477 e. The zero-order chi connectivity index (χ0) is 14.0. The summed E-state index contributed by atoms with van der Waals surface area (Å²) in [6, 6.07) is 0.719. The van der Waals surface area contributed by atoms with Gasteiger partial charge >= 0.3 is 5.97 Å². The van der Waals surface area contributed by atoms with Gasteiger partial charge in [-0.2, -0.15) is 0 Å². The summed E-state index contributed by atoms with van der Waals surface area (Å²) in [4.78, 5) is 10.8. The number of sulfonamides is 1. The number of rotatable bonds is 4. The molecule has 1 fully saturated rings. The van der Waals surface area contributed by atoms with Crippen molar-refractivity contribution in [2.45, 2.75) is 42.7 Å². The van der Waals surface area contributed by atoms with Crippen LogP contribution in [-0.2, 0) is 10.0 Å². The first-order valence-electron chi connectivity index (χ1n) is 6.00. The zero-order valence-electron chi connectivity index (χ0n) is 10.2. The van der Waals surface area contributed by atoms with Gasteiger partial charge in [-0.15, -0.1) is 11.3 Å². The molecule has 106 valence electrons. The Kier molecular flexibility index (Phi) is 4.24. The average Bonchev–Trinajstić information content (AvgIpc) is 2.82. The Labute approximate surface area is 115 Å². The van der Waals surface area contributed by atoms with Gasteiger partial charge in [0, 0.05) is 17.5 Å². The van der Waals surface area contributed by atoms with Crippen molar-refractivity contribution in [3.05, 3.63) is 16.3 Å². The van der Waals surface area contributed by atoms with Crippen molar-refractivity contribution >= 4 is 27.3 Å². The van der Waals surface area contributed by atoms with Gasteiger partial charge in [0.1, 0.15) is 4.88 Å². The number of hydrogen-bond acceptors (Lipinski definition) is 5. The van der Waals surface area contributed by atoms with E-state index in [1.807, 2.05) is 0 Å². The van der Waals surface area contributed by atoms with E-state index in [0.717, 1.165) is 37.0 Å². The van der Waals surface area contributed by atoms with Crippen LogP contribution in [-0.4, -0.2) is 31.6 Å². The van der Waals surface area contributed by atoms with Crippen molar-refractivity contribution in [3.63, 3.8) is 0 Å². The van der Waals surface area contributed by atoms with Crippen LogP contribution in [0.5, 0.6) is 0 Å². The number of hydrogen-bond donors (Lipinski definition) is 3. The molecule has 1 aromatic rings. The van der Waals surface area contributed by atoms with Crippen molar-refractivity contribution in [1.29, 1.82) is 0 Å². The minimum atomic E-state index is -3.69. The molecule has 2 rings (SSSR count). The Balaban J connectivity index is 2.15. The smallest absolute Gasteiger partial charge is 0.345 e. The maximum Gasteiger partial charge on any atom is 0.345 e. The summed E-state index contributed by atoms with van der Waals surface area (Å²) in [6.07, 6.45) is 3.49. The van der Waals surface area contributed by atoms with Crippen LogP contribution in [0.1, 0.15) is 35.4 Å². The van der Waals surface area contributed by atoms with Crippen LogP contribution in [0.15, 0.2) is 16.3 Å². The molecule has 4 N–H and O–H groups in total. The monoisotopic (exact) mass is 304 g/mol. The zero-order valence-corrected chi connectivity index (χ0v) is 11.8. The third kappa shape index (κ3) is 3.33. The molecule has 1 saturated carbocycles. The van der Waals surface area contributed by atoms with Gasteiger partial charge in [-0.3, -0.25) is 0 Å². The van der Waals surface area contributed by atoms with Gasteiger partial charge in [0.2, 0.25) is 10.0 Å². The first-order valence-corrected chi connectivity index (χ1v) is 8.36. The Morgan fingerprint density at radius 2 is 2.11 bits per heavy atom. The molecule has 6 nitrogen and oxygen atoms in total. The first kappa shape index (κ1) is 14.4. The molecule has 1 aliphatic carbocycles. The highest BCUT2D eigenvalue weighted by atomic mass is 32.2. The Hall–Kier alpha value is -0.960. The molecule has 1 aliphatic rings. The number of nitrogens with two attached hydrogens (primary N) is 1. The van der Waals surface area contributed by atoms with Gasteiger partial charge in [-0.1, -0.05) is 12.8 Å². The summed E-state index contributed by atoms with van der Waals surface area (Å²) in [5.74, 6) is -1.12. The maximum atomic E-state index is 12.1. The molecule has 0 amide bonds. The standard InChI is InChI=1S/C11H16N2O4S2/c12-8-3-1-2-4-9(8)13-19(16,17)7-5-10(11(14)15)18-6-7/h5-6,8-9,13H,1-4,12H2,(H,14,15). The molecule has 0 aromatic carbocycles. The second-order valence-electron chi connectivity index (χ2n) is 4.63. The van der Waals surface area contributed by atoms with Crippen molar-refractivity contribution < 1.29 is 18.3 Å². The quantitative estimate of drug-likeness (QED) is 0.768. The normalized spacial score (nSPS) is 24.3. The minimum absolute atomic E-state index is 0.00678. The highest BCUT2D eigenvalue weighted by Crippen LogP contribution is 2.22. The molecular weight excluding hydrogens is 288 g/mol. The van der Waals surface area contributed by atoms with Crippen LogP contribution in [0.25, 0.3) is 0 Å². The van der Waals surface area contributed by atoms with E-state index in [1.165, 1.54) is 11.4 Å². The molecule has 0 aliphatic heterocycles. The van der Waals surface area contributed by atoms with Gasteiger partial charge in [-0.05, 0) is 18.9 Å². The Bertz CT molecular complexity index is 567. The second kappa shape index (κ2) is 5.58. The molecule has 0 spiro atoms. The highest BCUT2D eigenvalue weighted by Gasteiger charge is 2.28. The Morgan fingerprint density at radius 3 is 2.68 bits per heavy atom. The van der Waals surface area contributed by atoms with Crippen molar-refractivity contribution in [1.82, 2.24) is 4.72 Å². The topological polar surface area (TPSA) is 109 Å². The van der Waals surface area contributed by atoms with Crippen LogP contribution >= 0.6 is 11.3 Å². The fourth-order valence-corrected chi connectivity index (χ4v) is 4.58. The van der Waals surface area contributed by atoms with Crippen molar-refractivity contribution in [2.24, 2.45) is 5.73 Å². The van der Waals surface area contributed by atoms with E-state index in [-0.39, 0.29) is 21.9 Å². The van der Waals surface area contributed by atoms with E-state index in [1.54, 1.807) is 0 Å². The number of carboxylic acid groups (broad SMARTS) is 1. The number of nitrogens with one attached hydrogen (secondary N) is 1. The van der Waals surface area contributed by atoms with Crippen molar-refractivity contribution in [3.8, 4) is 0 Å². The fraction of sp³-hybridized carbons (Fsp3) is 0.545. The summed E-state index contributed by atoms with van der Waals surface area (Å²) in [6.45, 7) is 0. The molecule has 1 aromatic heterocycles. The molecule has 0 bridgehead atoms. The van der Waals surface area contributed by atoms with E-state index in [2.05, 4.69) is 4.72 Å². The minimum Gasteiger partial charge on any atom is -0.477 e. The number of aromatic carboxylic acids is 1. The van der Waals surface area contributed by atoms with Gasteiger partial charge < -0.3 is 10.8 Å². The molecule has 0 radical (unpaired) electrons. The molecule has 0 saturated heterocycles. The highest BCUT2D eigenvalue weighted by molar-refractivity contribution is 7.89. The second-order valence-corrected chi connectivity index (χ2v) is 7.25. The van der Waals surface area contributed by atoms with Crippen LogP contribution in [0.3, 0.4) is 0 Å². The van der Waals surface area contributed by atoms with Gasteiger partial charge in [-0.25, -0.2) is 17.9 Å². The molecule has 1 heterocycles. The lowest BCUT2D eigenvalue weighted by Gasteiger charge is -2.28. The molecule has 8 heteroatoms. The lowest BCUT2D eigenvalue weighted by Crippen LogP contribution is -2.49. The van der Waals surface area contributed by atoms with E-state index in [9.17, 15) is 13.2 Å². The van der Waals surface area contributed by atoms with E-state index in [0.29, 0.717) is 0 Å². The Morgan fingerprint density at radius 1 is 1.42 bits per heavy atom. The first-order chi connectivity index (χ1) is 8.90.